The van der Waals surface area contributed by atoms with E-state index in [1.165, 1.54) is 11.8 Å². The number of benzene rings is 1. The van der Waals surface area contributed by atoms with Gasteiger partial charge in [0.25, 0.3) is 0 Å². The summed E-state index contributed by atoms with van der Waals surface area (Å²) < 4.78 is 12.7. The van der Waals surface area contributed by atoms with Gasteiger partial charge in [-0.25, -0.2) is 4.79 Å². The van der Waals surface area contributed by atoms with Crippen molar-refractivity contribution in [3.8, 4) is 0 Å². The van der Waals surface area contributed by atoms with E-state index in [0.29, 0.717) is 17.9 Å². The summed E-state index contributed by atoms with van der Waals surface area (Å²) in [6.45, 7) is 2.64. The van der Waals surface area contributed by atoms with E-state index >= 15 is 0 Å². The Morgan fingerprint density at radius 3 is 2.96 bits per heavy atom. The van der Waals surface area contributed by atoms with Crippen LogP contribution >= 0.6 is 11.8 Å². The van der Waals surface area contributed by atoms with Crippen LogP contribution in [0.2, 0.25) is 0 Å². The highest BCUT2D eigenvalue weighted by Crippen LogP contribution is 2.26. The summed E-state index contributed by atoms with van der Waals surface area (Å²) in [5, 5.41) is 9.88. The number of aromatic nitrogens is 3. The molecular weight excluding hydrogens is 350 g/mol. The lowest BCUT2D eigenvalue weighted by Gasteiger charge is -2.07. The molecule has 0 aliphatic heterocycles. The Hall–Kier alpha value is -2.80. The lowest BCUT2D eigenvalue weighted by molar-refractivity contribution is 0.484. The molecule has 0 bridgehead atoms. The Balaban J connectivity index is 1.59. The fourth-order valence-electron chi connectivity index (χ4n) is 2.79. The molecule has 0 saturated carbocycles. The van der Waals surface area contributed by atoms with Gasteiger partial charge in [-0.3, -0.25) is 0 Å². The zero-order valence-corrected chi connectivity index (χ0v) is 15.0. The van der Waals surface area contributed by atoms with Crippen LogP contribution in [0.5, 0.6) is 0 Å². The van der Waals surface area contributed by atoms with Crippen LogP contribution in [-0.2, 0) is 18.7 Å². The molecule has 4 aromatic rings. The summed E-state index contributed by atoms with van der Waals surface area (Å²) >= 11 is 1.53. The summed E-state index contributed by atoms with van der Waals surface area (Å²) in [5.41, 5.74) is 2.36. The smallest absolute Gasteiger partial charge is 0.336 e. The molecule has 6 nitrogen and oxygen atoms in total. The number of fused-ring (bicyclic) bond motifs is 1. The predicted molar refractivity (Wildman–Crippen MR) is 99.3 cm³/mol. The first kappa shape index (κ1) is 16.7. The van der Waals surface area contributed by atoms with Gasteiger partial charge in [-0.2, -0.15) is 0 Å². The second-order valence-electron chi connectivity index (χ2n) is 5.88. The van der Waals surface area contributed by atoms with Crippen LogP contribution in [0.25, 0.3) is 11.0 Å². The van der Waals surface area contributed by atoms with Gasteiger partial charge in [0.15, 0.2) is 5.16 Å². The summed E-state index contributed by atoms with van der Waals surface area (Å²) in [7, 11) is 0. The van der Waals surface area contributed by atoms with Crippen LogP contribution in [0.4, 0.5) is 0 Å². The highest BCUT2D eigenvalue weighted by atomic mass is 32.2. The predicted octanol–water partition coefficient (Wildman–Crippen LogP) is 3.88. The molecule has 0 amide bonds. The van der Waals surface area contributed by atoms with Crippen LogP contribution in [0.15, 0.2) is 67.8 Å². The largest absolute Gasteiger partial charge is 0.467 e. The SMILES string of the molecule is CCc1ccc2c(CSc3nncn3Cc3ccco3)cc(=O)oc2c1. The van der Waals surface area contributed by atoms with Crippen LogP contribution in [0.3, 0.4) is 0 Å². The van der Waals surface area contributed by atoms with Gasteiger partial charge < -0.3 is 13.4 Å². The third-order valence-corrected chi connectivity index (χ3v) is 5.18. The molecule has 3 aromatic heterocycles. The van der Waals surface area contributed by atoms with Crippen molar-refractivity contribution in [2.45, 2.75) is 30.8 Å². The maximum absolute atomic E-state index is 11.9. The summed E-state index contributed by atoms with van der Waals surface area (Å²) in [5.74, 6) is 1.44. The molecule has 0 unspecified atom stereocenters. The molecule has 1 aromatic carbocycles. The van der Waals surface area contributed by atoms with Gasteiger partial charge in [0, 0.05) is 17.2 Å². The highest BCUT2D eigenvalue weighted by Gasteiger charge is 2.11. The van der Waals surface area contributed by atoms with Crippen molar-refractivity contribution in [3.05, 3.63) is 76.3 Å². The fraction of sp³-hybridized carbons (Fsp3) is 0.211. The number of furan rings is 1. The third-order valence-electron chi connectivity index (χ3n) is 4.15. The van der Waals surface area contributed by atoms with E-state index in [4.69, 9.17) is 8.83 Å². The molecule has 0 fully saturated rings. The number of rotatable bonds is 6. The molecule has 7 heteroatoms. The van der Waals surface area contributed by atoms with Gasteiger partial charge in [0.1, 0.15) is 17.7 Å². The van der Waals surface area contributed by atoms with Crippen molar-refractivity contribution in [1.82, 2.24) is 14.8 Å². The molecule has 3 heterocycles. The minimum absolute atomic E-state index is 0.335. The van der Waals surface area contributed by atoms with Gasteiger partial charge >= 0.3 is 5.63 Å². The van der Waals surface area contributed by atoms with Gasteiger partial charge in [-0.1, -0.05) is 30.8 Å². The van der Waals surface area contributed by atoms with Gasteiger partial charge in [0.2, 0.25) is 0 Å². The van der Waals surface area contributed by atoms with Gasteiger partial charge in [-0.15, -0.1) is 10.2 Å². The lowest BCUT2D eigenvalue weighted by Crippen LogP contribution is -2.02. The standard InChI is InChI=1S/C19H17N3O3S/c1-2-13-5-6-16-14(9-18(23)25-17(16)8-13)11-26-19-21-20-12-22(19)10-15-4-3-7-24-15/h3-9,12H,2,10-11H2,1H3. The maximum atomic E-state index is 11.9. The Labute approximate surface area is 153 Å². The van der Waals surface area contributed by atoms with E-state index in [1.54, 1.807) is 18.7 Å². The van der Waals surface area contributed by atoms with E-state index < -0.39 is 0 Å². The van der Waals surface area contributed by atoms with Gasteiger partial charge in [0.05, 0.1) is 12.8 Å². The fourth-order valence-corrected chi connectivity index (χ4v) is 3.70. The zero-order valence-electron chi connectivity index (χ0n) is 14.2. The molecule has 0 aliphatic carbocycles. The summed E-state index contributed by atoms with van der Waals surface area (Å²) in [4.78, 5) is 11.9. The average Bonchev–Trinajstić information content (AvgIpc) is 3.31. The van der Waals surface area contributed by atoms with E-state index in [-0.39, 0.29) is 5.63 Å². The first-order valence-corrected chi connectivity index (χ1v) is 9.30. The minimum Gasteiger partial charge on any atom is -0.467 e. The molecule has 0 N–H and O–H groups in total. The van der Waals surface area contributed by atoms with Gasteiger partial charge in [-0.05, 0) is 35.7 Å². The second-order valence-corrected chi connectivity index (χ2v) is 6.83. The molecule has 26 heavy (non-hydrogen) atoms. The highest BCUT2D eigenvalue weighted by molar-refractivity contribution is 7.98. The Morgan fingerprint density at radius 1 is 1.23 bits per heavy atom. The van der Waals surface area contributed by atoms with Crippen LogP contribution in [0, 0.1) is 0 Å². The molecule has 0 radical (unpaired) electrons. The van der Waals surface area contributed by atoms with Crippen LogP contribution < -0.4 is 5.63 Å². The van der Waals surface area contributed by atoms with E-state index in [9.17, 15) is 4.79 Å². The number of thioether (sulfide) groups is 1. The normalized spacial score (nSPS) is 11.3. The first-order chi connectivity index (χ1) is 12.7. The van der Waals surface area contributed by atoms with E-state index in [1.807, 2.05) is 28.8 Å². The third kappa shape index (κ3) is 3.43. The molecule has 0 atom stereocenters. The summed E-state index contributed by atoms with van der Waals surface area (Å²) in [6, 6.07) is 11.3. The number of nitrogens with zero attached hydrogens (tertiary/aromatic N) is 3. The van der Waals surface area contributed by atoms with Crippen molar-refractivity contribution in [3.63, 3.8) is 0 Å². The van der Waals surface area contributed by atoms with E-state index in [2.05, 4.69) is 23.2 Å². The van der Waals surface area contributed by atoms with Crippen LogP contribution in [-0.4, -0.2) is 14.8 Å². The van der Waals surface area contributed by atoms with Crippen molar-refractivity contribution in [2.75, 3.05) is 0 Å². The first-order valence-electron chi connectivity index (χ1n) is 8.31. The van der Waals surface area contributed by atoms with Crippen molar-refractivity contribution >= 4 is 22.7 Å². The van der Waals surface area contributed by atoms with Crippen molar-refractivity contribution < 1.29 is 8.83 Å². The molecule has 0 saturated heterocycles. The second kappa shape index (κ2) is 7.21. The monoisotopic (exact) mass is 367 g/mol. The molecule has 0 spiro atoms. The quantitative estimate of drug-likeness (QED) is 0.380. The topological polar surface area (TPSA) is 74.1 Å². The molecular formula is C19H17N3O3S. The van der Waals surface area contributed by atoms with Crippen LogP contribution in [0.1, 0.15) is 23.8 Å². The Morgan fingerprint density at radius 2 is 2.15 bits per heavy atom. The Bertz CT molecular complexity index is 1080. The van der Waals surface area contributed by atoms with E-state index in [0.717, 1.165) is 33.9 Å². The molecule has 132 valence electrons. The Kier molecular flexibility index (Phi) is 4.62. The number of hydrogen-bond donors (Lipinski definition) is 0. The number of hydrogen-bond acceptors (Lipinski definition) is 6. The maximum Gasteiger partial charge on any atom is 0.336 e. The lowest BCUT2D eigenvalue weighted by atomic mass is 10.1. The molecule has 4 rings (SSSR count). The zero-order chi connectivity index (χ0) is 17.9. The van der Waals surface area contributed by atoms with Crippen molar-refractivity contribution in [1.29, 1.82) is 0 Å². The number of aryl methyl sites for hydroxylation is 1. The summed E-state index contributed by atoms with van der Waals surface area (Å²) in [6.07, 6.45) is 4.22. The average molecular weight is 367 g/mol. The molecule has 0 aliphatic rings. The van der Waals surface area contributed by atoms with Crippen molar-refractivity contribution in [2.24, 2.45) is 0 Å². The minimum atomic E-state index is -0.335.